The van der Waals surface area contributed by atoms with E-state index in [-0.39, 0.29) is 11.9 Å². The van der Waals surface area contributed by atoms with E-state index in [4.69, 9.17) is 0 Å². The van der Waals surface area contributed by atoms with E-state index in [0.29, 0.717) is 0 Å². The topological polar surface area (TPSA) is 29.1 Å². The SMILES string of the molecule is Cc1ccc(C)c([C@@H](C)NC(=O)c2cc(C)c(C)cc2C)c1. The van der Waals surface area contributed by atoms with Crippen molar-refractivity contribution in [1.82, 2.24) is 5.32 Å². The molecule has 0 saturated carbocycles. The molecule has 0 heterocycles. The molecule has 0 saturated heterocycles. The molecule has 116 valence electrons. The van der Waals surface area contributed by atoms with Gasteiger partial charge in [0.25, 0.3) is 5.91 Å². The fourth-order valence-electron chi connectivity index (χ4n) is 2.78. The molecular formula is C20H25NO. The van der Waals surface area contributed by atoms with Crippen LogP contribution in [0.1, 0.15) is 56.7 Å². The summed E-state index contributed by atoms with van der Waals surface area (Å²) in [6, 6.07) is 10.4. The summed E-state index contributed by atoms with van der Waals surface area (Å²) in [5, 5.41) is 3.13. The summed E-state index contributed by atoms with van der Waals surface area (Å²) < 4.78 is 0. The number of benzene rings is 2. The lowest BCUT2D eigenvalue weighted by molar-refractivity contribution is 0.0939. The van der Waals surface area contributed by atoms with E-state index in [1.165, 1.54) is 22.3 Å². The molecule has 1 atom stereocenters. The highest BCUT2D eigenvalue weighted by atomic mass is 16.1. The smallest absolute Gasteiger partial charge is 0.252 e. The highest BCUT2D eigenvalue weighted by Crippen LogP contribution is 2.21. The fraction of sp³-hybridized carbons (Fsp3) is 0.350. The van der Waals surface area contributed by atoms with Crippen molar-refractivity contribution in [2.45, 2.75) is 47.6 Å². The summed E-state index contributed by atoms with van der Waals surface area (Å²) in [7, 11) is 0. The van der Waals surface area contributed by atoms with Gasteiger partial charge in [0.1, 0.15) is 0 Å². The molecule has 0 aliphatic carbocycles. The van der Waals surface area contributed by atoms with Crippen molar-refractivity contribution in [1.29, 1.82) is 0 Å². The van der Waals surface area contributed by atoms with Crippen LogP contribution in [0.2, 0.25) is 0 Å². The van der Waals surface area contributed by atoms with Gasteiger partial charge in [-0.05, 0) is 75.4 Å². The summed E-state index contributed by atoms with van der Waals surface area (Å²) in [6.45, 7) is 12.3. The van der Waals surface area contributed by atoms with Gasteiger partial charge in [-0.3, -0.25) is 4.79 Å². The van der Waals surface area contributed by atoms with Crippen molar-refractivity contribution >= 4 is 5.91 Å². The third-order valence-corrected chi connectivity index (χ3v) is 4.33. The monoisotopic (exact) mass is 295 g/mol. The number of carbonyl (C=O) groups excluding carboxylic acids is 1. The minimum Gasteiger partial charge on any atom is -0.345 e. The van der Waals surface area contributed by atoms with Crippen molar-refractivity contribution in [3.63, 3.8) is 0 Å². The Kier molecular flexibility index (Phi) is 4.70. The molecule has 0 spiro atoms. The molecule has 2 rings (SSSR count). The number of amides is 1. The van der Waals surface area contributed by atoms with Gasteiger partial charge in [-0.25, -0.2) is 0 Å². The second kappa shape index (κ2) is 6.35. The number of carbonyl (C=O) groups is 1. The van der Waals surface area contributed by atoms with Gasteiger partial charge < -0.3 is 5.32 Å². The average molecular weight is 295 g/mol. The van der Waals surface area contributed by atoms with E-state index in [0.717, 1.165) is 16.7 Å². The van der Waals surface area contributed by atoms with Crippen molar-refractivity contribution in [2.24, 2.45) is 0 Å². The zero-order valence-electron chi connectivity index (χ0n) is 14.4. The summed E-state index contributed by atoms with van der Waals surface area (Å²) in [4.78, 5) is 12.6. The Morgan fingerprint density at radius 3 is 2.18 bits per heavy atom. The molecule has 2 nitrogen and oxygen atoms in total. The lowest BCUT2D eigenvalue weighted by Gasteiger charge is -2.18. The summed E-state index contributed by atoms with van der Waals surface area (Å²) in [5.74, 6) is -0.00555. The van der Waals surface area contributed by atoms with Crippen LogP contribution in [-0.4, -0.2) is 5.91 Å². The van der Waals surface area contributed by atoms with Crippen LogP contribution in [0.5, 0.6) is 0 Å². The predicted molar refractivity (Wildman–Crippen MR) is 92.5 cm³/mol. The lowest BCUT2D eigenvalue weighted by atomic mass is 9.98. The van der Waals surface area contributed by atoms with E-state index in [1.807, 2.05) is 26.8 Å². The molecule has 0 unspecified atom stereocenters. The summed E-state index contributed by atoms with van der Waals surface area (Å²) in [5.41, 5.74) is 7.75. The molecule has 0 aliphatic heterocycles. The van der Waals surface area contributed by atoms with Gasteiger partial charge in [-0.1, -0.05) is 29.8 Å². The number of hydrogen-bond donors (Lipinski definition) is 1. The van der Waals surface area contributed by atoms with Crippen LogP contribution in [0.25, 0.3) is 0 Å². The average Bonchev–Trinajstić information content (AvgIpc) is 2.45. The maximum absolute atomic E-state index is 12.6. The first-order valence-corrected chi connectivity index (χ1v) is 7.75. The van der Waals surface area contributed by atoms with Crippen LogP contribution in [-0.2, 0) is 0 Å². The quantitative estimate of drug-likeness (QED) is 0.872. The van der Waals surface area contributed by atoms with Crippen LogP contribution >= 0.6 is 0 Å². The molecule has 0 fully saturated rings. The zero-order chi connectivity index (χ0) is 16.4. The van der Waals surface area contributed by atoms with Crippen LogP contribution < -0.4 is 5.32 Å². The summed E-state index contributed by atoms with van der Waals surface area (Å²) >= 11 is 0. The zero-order valence-corrected chi connectivity index (χ0v) is 14.4. The van der Waals surface area contributed by atoms with E-state index < -0.39 is 0 Å². The predicted octanol–water partition coefficient (Wildman–Crippen LogP) is 4.72. The lowest BCUT2D eigenvalue weighted by Crippen LogP contribution is -2.28. The third kappa shape index (κ3) is 3.38. The van der Waals surface area contributed by atoms with E-state index in [9.17, 15) is 4.79 Å². The van der Waals surface area contributed by atoms with Crippen molar-refractivity contribution < 1.29 is 4.79 Å². The molecule has 2 aromatic rings. The summed E-state index contributed by atoms with van der Waals surface area (Å²) in [6.07, 6.45) is 0. The van der Waals surface area contributed by atoms with Gasteiger partial charge in [-0.15, -0.1) is 0 Å². The third-order valence-electron chi connectivity index (χ3n) is 4.33. The van der Waals surface area contributed by atoms with Gasteiger partial charge in [0.05, 0.1) is 6.04 Å². The molecule has 1 N–H and O–H groups in total. The van der Waals surface area contributed by atoms with Gasteiger partial charge in [0.2, 0.25) is 0 Å². The Morgan fingerprint density at radius 1 is 0.864 bits per heavy atom. The van der Waals surface area contributed by atoms with Gasteiger partial charge in [-0.2, -0.15) is 0 Å². The van der Waals surface area contributed by atoms with Crippen LogP contribution in [0, 0.1) is 34.6 Å². The van der Waals surface area contributed by atoms with Crippen molar-refractivity contribution in [3.8, 4) is 0 Å². The first-order chi connectivity index (χ1) is 10.3. The maximum atomic E-state index is 12.6. The molecule has 0 radical (unpaired) electrons. The Labute approximate surface area is 133 Å². The molecule has 2 aromatic carbocycles. The van der Waals surface area contributed by atoms with Crippen molar-refractivity contribution in [2.75, 3.05) is 0 Å². The van der Waals surface area contributed by atoms with Crippen LogP contribution in [0.3, 0.4) is 0 Å². The van der Waals surface area contributed by atoms with Crippen molar-refractivity contribution in [3.05, 3.63) is 69.3 Å². The van der Waals surface area contributed by atoms with E-state index in [1.54, 1.807) is 0 Å². The van der Waals surface area contributed by atoms with Gasteiger partial charge >= 0.3 is 0 Å². The minimum atomic E-state index is -0.00610. The fourth-order valence-corrected chi connectivity index (χ4v) is 2.78. The second-order valence-corrected chi connectivity index (χ2v) is 6.31. The first-order valence-electron chi connectivity index (χ1n) is 7.75. The standard InChI is InChI=1S/C20H25NO/c1-12-7-8-13(2)18(9-12)17(6)21-20(22)19-11-15(4)14(3)10-16(19)5/h7-11,17H,1-6H3,(H,21,22)/t17-/m1/s1. The Morgan fingerprint density at radius 2 is 1.50 bits per heavy atom. The molecule has 2 heteroatoms. The van der Waals surface area contributed by atoms with Crippen LogP contribution in [0.4, 0.5) is 0 Å². The number of rotatable bonds is 3. The Hall–Kier alpha value is -2.09. The molecule has 1 amide bonds. The molecule has 0 bridgehead atoms. The normalized spacial score (nSPS) is 12.1. The number of nitrogens with one attached hydrogen (secondary N) is 1. The Bertz CT molecular complexity index is 716. The van der Waals surface area contributed by atoms with E-state index in [2.05, 4.69) is 50.4 Å². The maximum Gasteiger partial charge on any atom is 0.252 e. The Balaban J connectivity index is 2.25. The number of aryl methyl sites for hydroxylation is 5. The van der Waals surface area contributed by atoms with Crippen LogP contribution in [0.15, 0.2) is 30.3 Å². The first kappa shape index (κ1) is 16.3. The molecule has 0 aromatic heterocycles. The molecular weight excluding hydrogens is 270 g/mol. The highest BCUT2D eigenvalue weighted by molar-refractivity contribution is 5.96. The largest absolute Gasteiger partial charge is 0.345 e. The minimum absolute atomic E-state index is 0.00555. The molecule has 22 heavy (non-hydrogen) atoms. The van der Waals surface area contributed by atoms with E-state index >= 15 is 0 Å². The number of hydrogen-bond acceptors (Lipinski definition) is 1. The van der Waals surface area contributed by atoms with Gasteiger partial charge in [0, 0.05) is 5.56 Å². The second-order valence-electron chi connectivity index (χ2n) is 6.31. The van der Waals surface area contributed by atoms with Gasteiger partial charge in [0.15, 0.2) is 0 Å². The molecule has 0 aliphatic rings. The highest BCUT2D eigenvalue weighted by Gasteiger charge is 2.15.